The Morgan fingerprint density at radius 2 is 2.14 bits per heavy atom. The quantitative estimate of drug-likeness (QED) is 0.889. The number of rotatable bonds is 4. The van der Waals surface area contributed by atoms with Crippen molar-refractivity contribution in [3.8, 4) is 5.75 Å². The molecule has 6 heteroatoms. The number of hydrogen-bond donors (Lipinski definition) is 2. The van der Waals surface area contributed by atoms with Crippen LogP contribution in [0.5, 0.6) is 5.75 Å². The Balaban J connectivity index is 2.14. The Kier molecular flexibility index (Phi) is 4.67. The second-order valence-electron chi connectivity index (χ2n) is 5.28. The lowest BCUT2D eigenvalue weighted by Gasteiger charge is -2.31. The lowest BCUT2D eigenvalue weighted by Crippen LogP contribution is -2.38. The van der Waals surface area contributed by atoms with E-state index < -0.39 is 12.1 Å². The number of likely N-dealkylation sites (tertiary alicyclic amines) is 1. The molecular weight excluding hydrogens is 274 g/mol. The largest absolute Gasteiger partial charge is 0.482 e. The van der Waals surface area contributed by atoms with Gasteiger partial charge in [0.15, 0.2) is 6.61 Å². The number of nitrogens with zero attached hydrogens (tertiary/aromatic N) is 1. The standard InChI is InChI=1S/C15H19NO5/c1-10-4-5-11(7-13(10)21-9-14(17)18)12-3-2-6-16(8-12)15(19)20/h4-5,7,12H,2-3,6,8-9H2,1H3,(H,17,18)(H,19,20)/t12-/m0/s1. The summed E-state index contributed by atoms with van der Waals surface area (Å²) in [4.78, 5) is 23.1. The van der Waals surface area contributed by atoms with Crippen molar-refractivity contribution in [3.63, 3.8) is 0 Å². The lowest BCUT2D eigenvalue weighted by atomic mass is 9.90. The molecule has 6 nitrogen and oxygen atoms in total. The zero-order valence-corrected chi connectivity index (χ0v) is 11.9. The topological polar surface area (TPSA) is 87.1 Å². The van der Waals surface area contributed by atoms with E-state index in [1.54, 1.807) is 0 Å². The lowest BCUT2D eigenvalue weighted by molar-refractivity contribution is -0.139. The minimum absolute atomic E-state index is 0.127. The van der Waals surface area contributed by atoms with Crippen LogP contribution < -0.4 is 4.74 Å². The highest BCUT2D eigenvalue weighted by atomic mass is 16.5. The molecule has 1 amide bonds. The summed E-state index contributed by atoms with van der Waals surface area (Å²) < 4.78 is 5.27. The van der Waals surface area contributed by atoms with Crippen molar-refractivity contribution in [3.05, 3.63) is 29.3 Å². The van der Waals surface area contributed by atoms with Crippen LogP contribution >= 0.6 is 0 Å². The third-order valence-corrected chi connectivity index (χ3v) is 3.73. The fraction of sp³-hybridized carbons (Fsp3) is 0.467. The Bertz CT molecular complexity index is 543. The van der Waals surface area contributed by atoms with Gasteiger partial charge in [0.05, 0.1) is 0 Å². The summed E-state index contributed by atoms with van der Waals surface area (Å²) in [5.41, 5.74) is 1.86. The molecule has 0 unspecified atom stereocenters. The normalized spacial score (nSPS) is 18.3. The first-order valence-corrected chi connectivity index (χ1v) is 6.90. The summed E-state index contributed by atoms with van der Waals surface area (Å²) in [6.07, 6.45) is 0.857. The predicted octanol–water partition coefficient (Wildman–Crippen LogP) is 2.32. The van der Waals surface area contributed by atoms with Gasteiger partial charge in [0.2, 0.25) is 0 Å². The highest BCUT2D eigenvalue weighted by Crippen LogP contribution is 2.30. The van der Waals surface area contributed by atoms with Gasteiger partial charge in [-0.25, -0.2) is 9.59 Å². The number of carbonyl (C=O) groups is 2. The molecule has 0 saturated carbocycles. The number of amides is 1. The molecule has 0 radical (unpaired) electrons. The van der Waals surface area contributed by atoms with Crippen molar-refractivity contribution in [1.82, 2.24) is 4.90 Å². The summed E-state index contributed by atoms with van der Waals surface area (Å²) in [5.74, 6) is -0.348. The molecule has 0 spiro atoms. The molecule has 1 saturated heterocycles. The van der Waals surface area contributed by atoms with Crippen LogP contribution in [0.3, 0.4) is 0 Å². The highest BCUT2D eigenvalue weighted by molar-refractivity contribution is 5.68. The third-order valence-electron chi connectivity index (χ3n) is 3.73. The fourth-order valence-corrected chi connectivity index (χ4v) is 2.59. The SMILES string of the molecule is Cc1ccc([C@H]2CCCN(C(=O)O)C2)cc1OCC(=O)O. The van der Waals surface area contributed by atoms with Crippen LogP contribution in [0.1, 0.15) is 29.9 Å². The smallest absolute Gasteiger partial charge is 0.407 e. The Labute approximate surface area is 122 Å². The maximum atomic E-state index is 11.1. The van der Waals surface area contributed by atoms with Gasteiger partial charge in [-0.05, 0) is 37.0 Å². The summed E-state index contributed by atoms with van der Waals surface area (Å²) in [6, 6.07) is 5.67. The van der Waals surface area contributed by atoms with Crippen molar-refractivity contribution in [2.75, 3.05) is 19.7 Å². The maximum absolute atomic E-state index is 11.1. The van der Waals surface area contributed by atoms with Gasteiger partial charge in [-0.15, -0.1) is 0 Å². The van der Waals surface area contributed by atoms with Gasteiger partial charge in [0.25, 0.3) is 0 Å². The molecule has 2 N–H and O–H groups in total. The molecule has 1 fully saturated rings. The number of benzene rings is 1. The molecule has 2 rings (SSSR count). The van der Waals surface area contributed by atoms with E-state index in [2.05, 4.69) is 0 Å². The van der Waals surface area contributed by atoms with Gasteiger partial charge in [-0.3, -0.25) is 0 Å². The van der Waals surface area contributed by atoms with Crippen LogP contribution in [0, 0.1) is 6.92 Å². The molecule has 1 heterocycles. The zero-order chi connectivity index (χ0) is 15.4. The molecule has 114 valence electrons. The molecule has 1 aliphatic heterocycles. The fourth-order valence-electron chi connectivity index (χ4n) is 2.59. The number of carboxylic acid groups (broad SMARTS) is 2. The Hall–Kier alpha value is -2.24. The Morgan fingerprint density at radius 1 is 1.38 bits per heavy atom. The second kappa shape index (κ2) is 6.47. The highest BCUT2D eigenvalue weighted by Gasteiger charge is 2.24. The summed E-state index contributed by atoms with van der Waals surface area (Å²) >= 11 is 0. The minimum atomic E-state index is -1.02. The minimum Gasteiger partial charge on any atom is -0.482 e. The summed E-state index contributed by atoms with van der Waals surface area (Å²) in [7, 11) is 0. The van der Waals surface area contributed by atoms with Crippen LogP contribution in [0.15, 0.2) is 18.2 Å². The van der Waals surface area contributed by atoms with Gasteiger partial charge < -0.3 is 19.8 Å². The first-order chi connectivity index (χ1) is 9.97. The molecule has 0 aliphatic carbocycles. The van der Waals surface area contributed by atoms with E-state index in [0.717, 1.165) is 24.0 Å². The van der Waals surface area contributed by atoms with E-state index >= 15 is 0 Å². The van der Waals surface area contributed by atoms with Crippen molar-refractivity contribution in [2.24, 2.45) is 0 Å². The number of hydrogen-bond acceptors (Lipinski definition) is 3. The first-order valence-electron chi connectivity index (χ1n) is 6.90. The molecule has 1 atom stereocenters. The molecule has 0 aromatic heterocycles. The van der Waals surface area contributed by atoms with E-state index in [4.69, 9.17) is 14.9 Å². The van der Waals surface area contributed by atoms with Gasteiger partial charge in [0, 0.05) is 19.0 Å². The molecular formula is C15H19NO5. The Morgan fingerprint density at radius 3 is 2.81 bits per heavy atom. The third kappa shape index (κ3) is 3.87. The van der Waals surface area contributed by atoms with Crippen molar-refractivity contribution >= 4 is 12.1 Å². The van der Waals surface area contributed by atoms with E-state index in [1.165, 1.54) is 4.90 Å². The predicted molar refractivity (Wildman–Crippen MR) is 75.9 cm³/mol. The maximum Gasteiger partial charge on any atom is 0.407 e. The van der Waals surface area contributed by atoms with E-state index in [1.807, 2.05) is 25.1 Å². The van der Waals surface area contributed by atoms with Crippen LogP contribution in [0.4, 0.5) is 4.79 Å². The number of ether oxygens (including phenoxy) is 1. The molecule has 0 bridgehead atoms. The van der Waals surface area contributed by atoms with Gasteiger partial charge in [-0.2, -0.15) is 0 Å². The molecule has 1 aliphatic rings. The van der Waals surface area contributed by atoms with Crippen LogP contribution in [0.25, 0.3) is 0 Å². The molecule has 21 heavy (non-hydrogen) atoms. The summed E-state index contributed by atoms with van der Waals surface area (Å²) in [5, 5.41) is 17.8. The van der Waals surface area contributed by atoms with Crippen LogP contribution in [0.2, 0.25) is 0 Å². The second-order valence-corrected chi connectivity index (χ2v) is 5.28. The number of aryl methyl sites for hydroxylation is 1. The van der Waals surface area contributed by atoms with Crippen molar-refractivity contribution in [1.29, 1.82) is 0 Å². The van der Waals surface area contributed by atoms with Gasteiger partial charge in [-0.1, -0.05) is 12.1 Å². The monoisotopic (exact) mass is 293 g/mol. The number of carboxylic acids is 1. The average Bonchev–Trinajstić information content (AvgIpc) is 2.46. The number of aliphatic carboxylic acids is 1. The summed E-state index contributed by atoms with van der Waals surface area (Å²) in [6.45, 7) is 2.51. The van der Waals surface area contributed by atoms with E-state index in [0.29, 0.717) is 18.8 Å². The zero-order valence-electron chi connectivity index (χ0n) is 11.9. The van der Waals surface area contributed by atoms with Gasteiger partial charge in [0.1, 0.15) is 5.75 Å². The van der Waals surface area contributed by atoms with E-state index in [-0.39, 0.29) is 12.5 Å². The first kappa shape index (κ1) is 15.2. The average molecular weight is 293 g/mol. The van der Waals surface area contributed by atoms with Crippen LogP contribution in [-0.2, 0) is 4.79 Å². The van der Waals surface area contributed by atoms with Crippen molar-refractivity contribution < 1.29 is 24.5 Å². The number of piperidine rings is 1. The van der Waals surface area contributed by atoms with Gasteiger partial charge >= 0.3 is 12.1 Å². The van der Waals surface area contributed by atoms with Crippen molar-refractivity contribution in [2.45, 2.75) is 25.7 Å². The van der Waals surface area contributed by atoms with E-state index in [9.17, 15) is 9.59 Å². The van der Waals surface area contributed by atoms with Crippen LogP contribution in [-0.4, -0.2) is 46.9 Å². The molecule has 1 aromatic rings. The molecule has 1 aromatic carbocycles.